The Balaban J connectivity index is 0.00000144. The second kappa shape index (κ2) is 6.14. The highest BCUT2D eigenvalue weighted by atomic mass is 35.5. The number of aromatic nitrogens is 1. The van der Waals surface area contributed by atoms with Crippen LogP contribution in [0.25, 0.3) is 0 Å². The van der Waals surface area contributed by atoms with E-state index in [0.717, 1.165) is 19.6 Å². The Hall–Kier alpha value is -0.160. The lowest BCUT2D eigenvalue weighted by Gasteiger charge is -2.12. The molecule has 0 saturated carbocycles. The Labute approximate surface area is 114 Å². The van der Waals surface area contributed by atoms with Crippen LogP contribution in [-0.4, -0.2) is 29.0 Å². The summed E-state index contributed by atoms with van der Waals surface area (Å²) >= 11 is 1.77. The molecule has 0 bridgehead atoms. The smallest absolute Gasteiger partial charge is 0.0954 e. The maximum absolute atomic E-state index is 6.02. The zero-order chi connectivity index (χ0) is 11.7. The summed E-state index contributed by atoms with van der Waals surface area (Å²) in [5, 5.41) is 3.43. The van der Waals surface area contributed by atoms with Crippen LogP contribution in [0.1, 0.15) is 37.4 Å². The summed E-state index contributed by atoms with van der Waals surface area (Å²) in [5.41, 5.74) is 7.22. The van der Waals surface area contributed by atoms with E-state index in [4.69, 9.17) is 5.73 Å². The Morgan fingerprint density at radius 2 is 2.24 bits per heavy atom. The van der Waals surface area contributed by atoms with Crippen LogP contribution in [0.4, 0.5) is 0 Å². The van der Waals surface area contributed by atoms with E-state index in [1.807, 2.05) is 0 Å². The molecule has 1 aliphatic rings. The quantitative estimate of drug-likeness (QED) is 0.922. The van der Waals surface area contributed by atoms with E-state index < -0.39 is 0 Å². The molecule has 2 rings (SSSR count). The fraction of sp³-hybridized carbons (Fsp3) is 0.750. The number of likely N-dealkylation sites (tertiary alicyclic amines) is 1. The number of thiazole rings is 1. The molecule has 0 radical (unpaired) electrons. The van der Waals surface area contributed by atoms with Crippen LogP contribution >= 0.6 is 23.7 Å². The molecule has 2 atom stereocenters. The van der Waals surface area contributed by atoms with Crippen LogP contribution in [0.3, 0.4) is 0 Å². The van der Waals surface area contributed by atoms with E-state index in [-0.39, 0.29) is 12.4 Å². The summed E-state index contributed by atoms with van der Waals surface area (Å²) in [7, 11) is 0. The first kappa shape index (κ1) is 14.9. The van der Waals surface area contributed by atoms with E-state index in [9.17, 15) is 0 Å². The molecule has 0 aromatic carbocycles. The van der Waals surface area contributed by atoms with Crippen molar-refractivity contribution in [3.05, 3.63) is 16.1 Å². The van der Waals surface area contributed by atoms with Gasteiger partial charge >= 0.3 is 0 Å². The number of nitrogens with two attached hydrogens (primary N) is 1. The van der Waals surface area contributed by atoms with Gasteiger partial charge in [-0.3, -0.25) is 4.90 Å². The maximum Gasteiger partial charge on any atom is 0.0954 e. The largest absolute Gasteiger partial charge is 0.326 e. The Kier molecular flexibility index (Phi) is 5.38. The van der Waals surface area contributed by atoms with Gasteiger partial charge in [0.2, 0.25) is 0 Å². The van der Waals surface area contributed by atoms with Crippen molar-refractivity contribution in [2.75, 3.05) is 13.1 Å². The number of hydrogen-bond donors (Lipinski definition) is 1. The van der Waals surface area contributed by atoms with Gasteiger partial charge in [0.15, 0.2) is 0 Å². The fourth-order valence-electron chi connectivity index (χ4n) is 2.11. The maximum atomic E-state index is 6.02. The molecule has 1 aromatic rings. The molecule has 0 spiro atoms. The third kappa shape index (κ3) is 3.65. The van der Waals surface area contributed by atoms with Crippen molar-refractivity contribution >= 4 is 23.7 Å². The van der Waals surface area contributed by atoms with Gasteiger partial charge in [-0.1, -0.05) is 20.8 Å². The lowest BCUT2D eigenvalue weighted by molar-refractivity contribution is 0.315. The zero-order valence-corrected chi connectivity index (χ0v) is 12.4. The van der Waals surface area contributed by atoms with Gasteiger partial charge in [-0.05, 0) is 5.92 Å². The van der Waals surface area contributed by atoms with Crippen molar-refractivity contribution < 1.29 is 0 Å². The molecule has 2 N–H and O–H groups in total. The molecule has 1 aromatic heterocycles. The van der Waals surface area contributed by atoms with Gasteiger partial charge < -0.3 is 5.73 Å². The monoisotopic (exact) mass is 275 g/mol. The van der Waals surface area contributed by atoms with E-state index in [1.165, 1.54) is 10.7 Å². The standard InChI is InChI=1S/C12H21N3S.ClH/c1-8(2)12-14-10(7-16-12)5-15-4-9(3)11(13)6-15;/h7-9,11H,4-6,13H2,1-3H3;1H. The summed E-state index contributed by atoms with van der Waals surface area (Å²) in [4.78, 5) is 7.07. The average molecular weight is 276 g/mol. The second-order valence-electron chi connectivity index (χ2n) is 5.17. The normalized spacial score (nSPS) is 25.2. The SMILES string of the molecule is CC(C)c1nc(CN2CC(C)C(N)C2)cs1.Cl. The summed E-state index contributed by atoms with van der Waals surface area (Å²) in [6.45, 7) is 9.69. The first-order chi connectivity index (χ1) is 7.56. The molecule has 0 amide bonds. The third-order valence-electron chi connectivity index (χ3n) is 3.20. The van der Waals surface area contributed by atoms with Crippen LogP contribution in [0.5, 0.6) is 0 Å². The number of rotatable bonds is 3. The van der Waals surface area contributed by atoms with Gasteiger partial charge in [0.25, 0.3) is 0 Å². The third-order valence-corrected chi connectivity index (χ3v) is 4.39. The zero-order valence-electron chi connectivity index (χ0n) is 10.7. The van der Waals surface area contributed by atoms with Crippen molar-refractivity contribution in [1.29, 1.82) is 0 Å². The molecule has 98 valence electrons. The van der Waals surface area contributed by atoms with Crippen molar-refractivity contribution in [2.24, 2.45) is 11.7 Å². The Morgan fingerprint density at radius 3 is 2.71 bits per heavy atom. The number of halogens is 1. The molecule has 2 heterocycles. The van der Waals surface area contributed by atoms with Gasteiger partial charge in [-0.2, -0.15) is 0 Å². The molecule has 0 aliphatic carbocycles. The van der Waals surface area contributed by atoms with Gasteiger partial charge in [-0.15, -0.1) is 23.7 Å². The summed E-state index contributed by atoms with van der Waals surface area (Å²) in [5.74, 6) is 1.15. The number of hydrogen-bond acceptors (Lipinski definition) is 4. The van der Waals surface area contributed by atoms with Gasteiger partial charge in [0.1, 0.15) is 0 Å². The lowest BCUT2D eigenvalue weighted by atomic mass is 10.1. The predicted molar refractivity (Wildman–Crippen MR) is 75.9 cm³/mol. The average Bonchev–Trinajstić information content (AvgIpc) is 2.76. The minimum Gasteiger partial charge on any atom is -0.326 e. The molecule has 1 aliphatic heterocycles. The highest BCUT2D eigenvalue weighted by Crippen LogP contribution is 2.22. The minimum absolute atomic E-state index is 0. The molecule has 5 heteroatoms. The van der Waals surface area contributed by atoms with Crippen LogP contribution < -0.4 is 5.73 Å². The van der Waals surface area contributed by atoms with Crippen molar-refractivity contribution in [1.82, 2.24) is 9.88 Å². The second-order valence-corrected chi connectivity index (χ2v) is 6.06. The molecule has 1 fully saturated rings. The van der Waals surface area contributed by atoms with Crippen LogP contribution in [-0.2, 0) is 6.54 Å². The predicted octanol–water partition coefficient (Wildman–Crippen LogP) is 2.47. The fourth-order valence-corrected chi connectivity index (χ4v) is 2.94. The lowest BCUT2D eigenvalue weighted by Crippen LogP contribution is -2.28. The highest BCUT2D eigenvalue weighted by Gasteiger charge is 2.26. The first-order valence-electron chi connectivity index (χ1n) is 5.98. The van der Waals surface area contributed by atoms with Crippen molar-refractivity contribution in [3.63, 3.8) is 0 Å². The molecular formula is C12H22ClN3S. The first-order valence-corrected chi connectivity index (χ1v) is 6.86. The molecule has 17 heavy (non-hydrogen) atoms. The van der Waals surface area contributed by atoms with Gasteiger partial charge in [-0.25, -0.2) is 4.98 Å². The Bertz CT molecular complexity index is 343. The number of nitrogens with zero attached hydrogens (tertiary/aromatic N) is 2. The van der Waals surface area contributed by atoms with E-state index in [1.54, 1.807) is 11.3 Å². The highest BCUT2D eigenvalue weighted by molar-refractivity contribution is 7.09. The Morgan fingerprint density at radius 1 is 1.53 bits per heavy atom. The topological polar surface area (TPSA) is 42.2 Å². The minimum atomic E-state index is 0. The summed E-state index contributed by atoms with van der Waals surface area (Å²) < 4.78 is 0. The van der Waals surface area contributed by atoms with Gasteiger partial charge in [0.05, 0.1) is 10.7 Å². The van der Waals surface area contributed by atoms with Gasteiger partial charge in [0, 0.05) is 37.0 Å². The summed E-state index contributed by atoms with van der Waals surface area (Å²) in [6.07, 6.45) is 0. The van der Waals surface area contributed by atoms with E-state index in [2.05, 4.69) is 36.0 Å². The van der Waals surface area contributed by atoms with Crippen molar-refractivity contribution in [3.8, 4) is 0 Å². The van der Waals surface area contributed by atoms with E-state index >= 15 is 0 Å². The van der Waals surface area contributed by atoms with E-state index in [0.29, 0.717) is 17.9 Å². The van der Waals surface area contributed by atoms with Crippen LogP contribution in [0.15, 0.2) is 5.38 Å². The molecule has 3 nitrogen and oxygen atoms in total. The molecular weight excluding hydrogens is 254 g/mol. The van der Waals surface area contributed by atoms with Crippen molar-refractivity contribution in [2.45, 2.75) is 39.3 Å². The summed E-state index contributed by atoms with van der Waals surface area (Å²) in [6, 6.07) is 0.336. The van der Waals surface area contributed by atoms with Crippen LogP contribution in [0, 0.1) is 5.92 Å². The van der Waals surface area contributed by atoms with Crippen LogP contribution in [0.2, 0.25) is 0 Å². The molecule has 1 saturated heterocycles. The molecule has 2 unspecified atom stereocenters.